The normalized spacial score (nSPS) is 17.9. The third-order valence-electron chi connectivity index (χ3n) is 3.26. The van der Waals surface area contributed by atoms with Gasteiger partial charge in [0, 0.05) is 6.08 Å². The second kappa shape index (κ2) is 8.73. The molecule has 0 amide bonds. The summed E-state index contributed by atoms with van der Waals surface area (Å²) in [6, 6.07) is 0. The van der Waals surface area contributed by atoms with E-state index in [1.54, 1.807) is 0 Å². The van der Waals surface area contributed by atoms with Gasteiger partial charge in [-0.1, -0.05) is 44.1 Å². The molecule has 0 saturated heterocycles. The molecule has 0 unspecified atom stereocenters. The first kappa shape index (κ1) is 14.7. The van der Waals surface area contributed by atoms with Crippen molar-refractivity contribution in [2.45, 2.75) is 45.4 Å². The lowest BCUT2D eigenvalue weighted by Gasteiger charge is -2.18. The van der Waals surface area contributed by atoms with Crippen LogP contribution in [-0.4, -0.2) is 12.6 Å². The molecule has 0 aromatic carbocycles. The first-order valence-corrected chi connectivity index (χ1v) is 6.92. The molecule has 0 atom stereocenters. The number of hydrogen-bond donors (Lipinski definition) is 0. The van der Waals surface area contributed by atoms with Crippen LogP contribution in [0.4, 0.5) is 0 Å². The highest BCUT2D eigenvalue weighted by molar-refractivity contribution is 5.81. The average molecular weight is 248 g/mol. The molecular formula is C16H24O2. The zero-order valence-corrected chi connectivity index (χ0v) is 11.4. The minimum Gasteiger partial charge on any atom is -0.463 e. The molecule has 2 heteroatoms. The van der Waals surface area contributed by atoms with Crippen LogP contribution >= 0.6 is 0 Å². The number of esters is 1. The van der Waals surface area contributed by atoms with Crippen molar-refractivity contribution in [3.63, 3.8) is 0 Å². The first-order chi connectivity index (χ1) is 8.76. The molecule has 0 radical (unpaired) electrons. The lowest BCUT2D eigenvalue weighted by Crippen LogP contribution is -2.03. The van der Waals surface area contributed by atoms with E-state index >= 15 is 0 Å². The highest BCUT2D eigenvalue weighted by atomic mass is 16.5. The van der Waals surface area contributed by atoms with Gasteiger partial charge >= 0.3 is 5.97 Å². The van der Waals surface area contributed by atoms with Crippen molar-refractivity contribution in [2.24, 2.45) is 5.92 Å². The van der Waals surface area contributed by atoms with Gasteiger partial charge in [-0.25, -0.2) is 4.79 Å². The molecular weight excluding hydrogens is 224 g/mol. The van der Waals surface area contributed by atoms with Crippen molar-refractivity contribution in [1.82, 2.24) is 0 Å². The smallest absolute Gasteiger partial charge is 0.330 e. The van der Waals surface area contributed by atoms with Gasteiger partial charge in [0.2, 0.25) is 0 Å². The van der Waals surface area contributed by atoms with E-state index in [0.29, 0.717) is 12.5 Å². The van der Waals surface area contributed by atoms with Gasteiger partial charge in [-0.3, -0.25) is 0 Å². The molecule has 100 valence electrons. The summed E-state index contributed by atoms with van der Waals surface area (Å²) in [6.45, 7) is 6.08. The minimum atomic E-state index is -0.265. The summed E-state index contributed by atoms with van der Waals surface area (Å²) in [6.07, 6.45) is 15.0. The van der Waals surface area contributed by atoms with E-state index in [1.807, 2.05) is 19.1 Å². The van der Waals surface area contributed by atoms with Crippen LogP contribution in [-0.2, 0) is 9.53 Å². The molecule has 0 heterocycles. The van der Waals surface area contributed by atoms with Gasteiger partial charge in [0.25, 0.3) is 0 Å². The second-order valence-electron chi connectivity index (χ2n) is 4.70. The maximum atomic E-state index is 11.1. The van der Waals surface area contributed by atoms with Crippen LogP contribution in [0.15, 0.2) is 36.5 Å². The van der Waals surface area contributed by atoms with Gasteiger partial charge in [-0.05, 0) is 37.7 Å². The Morgan fingerprint density at radius 3 is 2.67 bits per heavy atom. The second-order valence-corrected chi connectivity index (χ2v) is 4.70. The van der Waals surface area contributed by atoms with Gasteiger partial charge in [-0.2, -0.15) is 0 Å². The summed E-state index contributed by atoms with van der Waals surface area (Å²) in [5.41, 5.74) is 1.21. The fourth-order valence-corrected chi connectivity index (χ4v) is 2.30. The molecule has 0 aromatic rings. The van der Waals surface area contributed by atoms with Crippen molar-refractivity contribution < 1.29 is 9.53 Å². The Balaban J connectivity index is 2.43. The lowest BCUT2D eigenvalue weighted by atomic mass is 9.87. The Morgan fingerprint density at radius 1 is 1.33 bits per heavy atom. The topological polar surface area (TPSA) is 26.3 Å². The summed E-state index contributed by atoms with van der Waals surface area (Å²) in [5.74, 6) is 0.432. The van der Waals surface area contributed by atoms with Crippen LogP contribution in [0, 0.1) is 5.92 Å². The largest absolute Gasteiger partial charge is 0.463 e. The number of carbonyl (C=O) groups excluding carboxylic acids is 1. The molecule has 1 aliphatic rings. The standard InChI is InChI=1S/C16H24O2/c1-3-14(11-8-12-16(17)18-4-2)13-15-9-6-5-7-10-15/h3,8,12-13,15H,1,4-7,9-11H2,2H3/b12-8-,14-13+. The maximum absolute atomic E-state index is 11.1. The third kappa shape index (κ3) is 5.85. The molecule has 0 N–H and O–H groups in total. The Labute approximate surface area is 110 Å². The predicted molar refractivity (Wildman–Crippen MR) is 75.2 cm³/mol. The monoisotopic (exact) mass is 248 g/mol. The molecule has 18 heavy (non-hydrogen) atoms. The molecule has 0 bridgehead atoms. The third-order valence-corrected chi connectivity index (χ3v) is 3.26. The van der Waals surface area contributed by atoms with E-state index in [4.69, 9.17) is 4.74 Å². The summed E-state index contributed by atoms with van der Waals surface area (Å²) in [7, 11) is 0. The molecule has 1 saturated carbocycles. The zero-order chi connectivity index (χ0) is 13.2. The fraction of sp³-hybridized carbons (Fsp3) is 0.562. The molecule has 0 aliphatic heterocycles. The molecule has 1 rings (SSSR count). The first-order valence-electron chi connectivity index (χ1n) is 6.92. The van der Waals surface area contributed by atoms with Gasteiger partial charge < -0.3 is 4.74 Å². The molecule has 1 fully saturated rings. The Kier molecular flexibility index (Phi) is 7.16. The van der Waals surface area contributed by atoms with Crippen molar-refractivity contribution in [3.8, 4) is 0 Å². The number of hydrogen-bond acceptors (Lipinski definition) is 2. The van der Waals surface area contributed by atoms with Crippen molar-refractivity contribution >= 4 is 5.97 Å². The van der Waals surface area contributed by atoms with Gasteiger partial charge in [0.1, 0.15) is 0 Å². The van der Waals surface area contributed by atoms with Crippen molar-refractivity contribution in [1.29, 1.82) is 0 Å². The summed E-state index contributed by atoms with van der Waals surface area (Å²) in [5, 5.41) is 0. The number of allylic oxidation sites excluding steroid dienone is 4. The Morgan fingerprint density at radius 2 is 2.06 bits per heavy atom. The number of rotatable bonds is 6. The Hall–Kier alpha value is -1.31. The molecule has 2 nitrogen and oxygen atoms in total. The number of carbonyl (C=O) groups is 1. The number of ether oxygens (including phenoxy) is 1. The molecule has 0 aromatic heterocycles. The van der Waals surface area contributed by atoms with Crippen molar-refractivity contribution in [2.75, 3.05) is 6.61 Å². The van der Waals surface area contributed by atoms with Crippen LogP contribution in [0.25, 0.3) is 0 Å². The summed E-state index contributed by atoms with van der Waals surface area (Å²) < 4.78 is 4.84. The van der Waals surface area contributed by atoms with Crippen LogP contribution in [0.2, 0.25) is 0 Å². The molecule has 0 spiro atoms. The van der Waals surface area contributed by atoms with E-state index in [-0.39, 0.29) is 5.97 Å². The highest BCUT2D eigenvalue weighted by Crippen LogP contribution is 2.26. The predicted octanol–water partition coefficient (Wildman–Crippen LogP) is 4.19. The van der Waals surface area contributed by atoms with E-state index in [0.717, 1.165) is 6.42 Å². The van der Waals surface area contributed by atoms with Crippen LogP contribution < -0.4 is 0 Å². The van der Waals surface area contributed by atoms with E-state index in [1.165, 1.54) is 43.8 Å². The maximum Gasteiger partial charge on any atom is 0.330 e. The van der Waals surface area contributed by atoms with Gasteiger partial charge in [0.05, 0.1) is 6.61 Å². The van der Waals surface area contributed by atoms with Crippen LogP contribution in [0.5, 0.6) is 0 Å². The molecule has 1 aliphatic carbocycles. The lowest BCUT2D eigenvalue weighted by molar-refractivity contribution is -0.137. The average Bonchev–Trinajstić information content (AvgIpc) is 2.39. The van der Waals surface area contributed by atoms with Gasteiger partial charge in [-0.15, -0.1) is 0 Å². The van der Waals surface area contributed by atoms with Crippen LogP contribution in [0.1, 0.15) is 45.4 Å². The van der Waals surface area contributed by atoms with E-state index < -0.39 is 0 Å². The minimum absolute atomic E-state index is 0.265. The fourth-order valence-electron chi connectivity index (χ4n) is 2.30. The summed E-state index contributed by atoms with van der Waals surface area (Å²) in [4.78, 5) is 11.1. The SMILES string of the molecule is C=C/C(=C\C1CCCCC1)C/C=C\C(=O)OCC. The van der Waals surface area contributed by atoms with Crippen LogP contribution in [0.3, 0.4) is 0 Å². The van der Waals surface area contributed by atoms with E-state index in [2.05, 4.69) is 12.7 Å². The van der Waals surface area contributed by atoms with Gasteiger partial charge in [0.15, 0.2) is 0 Å². The zero-order valence-electron chi connectivity index (χ0n) is 11.4. The summed E-state index contributed by atoms with van der Waals surface area (Å²) >= 11 is 0. The highest BCUT2D eigenvalue weighted by Gasteiger charge is 2.10. The quantitative estimate of drug-likeness (QED) is 0.400. The Bertz CT molecular complexity index is 320. The van der Waals surface area contributed by atoms with E-state index in [9.17, 15) is 4.79 Å². The van der Waals surface area contributed by atoms with Crippen molar-refractivity contribution in [3.05, 3.63) is 36.5 Å².